The predicted octanol–water partition coefficient (Wildman–Crippen LogP) is 8.01. The Labute approximate surface area is 171 Å². The minimum absolute atomic E-state index is 1.13. The van der Waals surface area contributed by atoms with E-state index >= 15 is 0 Å². The van der Waals surface area contributed by atoms with Gasteiger partial charge in [-0.2, -0.15) is 0 Å². The summed E-state index contributed by atoms with van der Waals surface area (Å²) in [6.45, 7) is 7.04. The van der Waals surface area contributed by atoms with Gasteiger partial charge in [0.1, 0.15) is 0 Å². The zero-order valence-electron chi connectivity index (χ0n) is 17.6. The van der Waals surface area contributed by atoms with Gasteiger partial charge in [0.05, 0.1) is 0 Å². The molecule has 0 saturated carbocycles. The predicted molar refractivity (Wildman–Crippen MR) is 123 cm³/mol. The van der Waals surface area contributed by atoms with E-state index in [2.05, 4.69) is 74.3 Å². The van der Waals surface area contributed by atoms with Crippen molar-refractivity contribution >= 4 is 28.0 Å². The van der Waals surface area contributed by atoms with Crippen LogP contribution in [0.1, 0.15) is 70.6 Å². The minimum atomic E-state index is -2.53. The molecule has 0 fully saturated rings. The molecule has 0 aliphatic rings. The molecule has 0 radical (unpaired) electrons. The molecule has 1 aromatic heterocycles. The molecular weight excluding hydrogens is 433 g/mol. The second kappa shape index (κ2) is 12.4. The summed E-state index contributed by atoms with van der Waals surface area (Å²) in [5, 5.41) is 0. The second-order valence-corrected chi connectivity index (χ2v) is 20.9. The topological polar surface area (TPSA) is 12.9 Å². The zero-order valence-corrected chi connectivity index (χ0v) is 20.4. The van der Waals surface area contributed by atoms with Crippen molar-refractivity contribution in [3.05, 3.63) is 66.0 Å². The first kappa shape index (κ1) is 22.2. The fraction of sp³-hybridized carbons (Fsp3) is 0.480. The monoisotopic (exact) mass is 471 g/mol. The number of unbranched alkanes of at least 4 members (excludes halogenated alkanes) is 3. The van der Waals surface area contributed by atoms with Gasteiger partial charge in [0.2, 0.25) is 0 Å². The molecule has 1 aromatic carbocycles. The van der Waals surface area contributed by atoms with Crippen LogP contribution in [0.15, 0.2) is 54.7 Å². The fourth-order valence-corrected chi connectivity index (χ4v) is 20.9. The van der Waals surface area contributed by atoms with E-state index in [-0.39, 0.29) is 0 Å². The number of hydrogen-bond donors (Lipinski definition) is 0. The van der Waals surface area contributed by atoms with Crippen LogP contribution in [0, 0.1) is 0 Å². The van der Waals surface area contributed by atoms with Gasteiger partial charge in [-0.15, -0.1) is 0 Å². The van der Waals surface area contributed by atoms with Crippen molar-refractivity contribution in [2.24, 2.45) is 0 Å². The Balaban J connectivity index is 2.57. The standard InChI is InChI=1S/C13H10N.3C4H9.Sn/c1-2-6-12(7-3-1)9-10-13-8-4-5-11-14-13;3*1-3-4-2;/h1-8,10-11H;3*1,3-4H2,2H3;. The van der Waals surface area contributed by atoms with Gasteiger partial charge in [0, 0.05) is 0 Å². The second-order valence-electron chi connectivity index (χ2n) is 7.77. The number of benzene rings is 1. The van der Waals surface area contributed by atoms with Crippen molar-refractivity contribution in [3.8, 4) is 0 Å². The van der Waals surface area contributed by atoms with Crippen molar-refractivity contribution in [1.29, 1.82) is 0 Å². The van der Waals surface area contributed by atoms with Crippen LogP contribution in [0.3, 0.4) is 0 Å². The van der Waals surface area contributed by atoms with Crippen LogP contribution in [0.25, 0.3) is 9.67 Å². The van der Waals surface area contributed by atoms with Crippen LogP contribution >= 0.6 is 0 Å². The summed E-state index contributed by atoms with van der Waals surface area (Å²) in [6.07, 6.45) is 12.5. The molecule has 0 bridgehead atoms. The molecule has 2 rings (SSSR count). The molecule has 0 spiro atoms. The van der Waals surface area contributed by atoms with Gasteiger partial charge >= 0.3 is 172 Å². The van der Waals surface area contributed by atoms with Crippen molar-refractivity contribution < 1.29 is 0 Å². The molecule has 0 aliphatic carbocycles. The Morgan fingerprint density at radius 1 is 0.778 bits per heavy atom. The van der Waals surface area contributed by atoms with Gasteiger partial charge in [-0.3, -0.25) is 0 Å². The van der Waals surface area contributed by atoms with Crippen LogP contribution < -0.4 is 0 Å². The summed E-state index contributed by atoms with van der Waals surface area (Å²) in [5.41, 5.74) is 2.59. The number of aromatic nitrogens is 1. The maximum atomic E-state index is 4.66. The van der Waals surface area contributed by atoms with E-state index in [9.17, 15) is 0 Å². The van der Waals surface area contributed by atoms with E-state index in [4.69, 9.17) is 0 Å². The van der Waals surface area contributed by atoms with E-state index in [1.807, 2.05) is 12.3 Å². The fourth-order valence-electron chi connectivity index (χ4n) is 4.09. The number of rotatable bonds is 12. The van der Waals surface area contributed by atoms with Crippen molar-refractivity contribution in [1.82, 2.24) is 4.98 Å². The van der Waals surface area contributed by atoms with Crippen LogP contribution in [-0.4, -0.2) is 23.4 Å². The molecule has 1 nitrogen and oxygen atoms in total. The van der Waals surface area contributed by atoms with Crippen molar-refractivity contribution in [2.45, 2.75) is 72.6 Å². The molecule has 0 saturated heterocycles. The van der Waals surface area contributed by atoms with Crippen molar-refractivity contribution in [2.75, 3.05) is 0 Å². The molecular formula is C25H37NSn. The van der Waals surface area contributed by atoms with Crippen LogP contribution in [0.4, 0.5) is 0 Å². The van der Waals surface area contributed by atoms with Gasteiger partial charge in [-0.25, -0.2) is 0 Å². The summed E-state index contributed by atoms with van der Waals surface area (Å²) < 4.78 is 6.16. The average molecular weight is 470 g/mol. The van der Waals surface area contributed by atoms with Gasteiger partial charge in [-0.1, -0.05) is 0 Å². The number of pyridine rings is 1. The summed E-state index contributed by atoms with van der Waals surface area (Å²) >= 11 is -2.53. The third kappa shape index (κ3) is 6.78. The van der Waals surface area contributed by atoms with Crippen molar-refractivity contribution in [3.63, 3.8) is 0 Å². The summed E-state index contributed by atoms with van der Waals surface area (Å²) in [7, 11) is 0. The third-order valence-electron chi connectivity index (χ3n) is 5.66. The Bertz CT molecular complexity index is 641. The van der Waals surface area contributed by atoms with Crippen LogP contribution in [0.2, 0.25) is 13.3 Å². The molecule has 0 unspecified atom stereocenters. The van der Waals surface area contributed by atoms with E-state index < -0.39 is 18.4 Å². The molecule has 27 heavy (non-hydrogen) atoms. The van der Waals surface area contributed by atoms with Gasteiger partial charge in [0.15, 0.2) is 0 Å². The Kier molecular flexibility index (Phi) is 10.2. The third-order valence-corrected chi connectivity index (χ3v) is 21.4. The molecule has 146 valence electrons. The Hall–Kier alpha value is -1.09. The molecule has 0 N–H and O–H groups in total. The zero-order chi connectivity index (χ0) is 19.4. The molecule has 0 atom stereocenters. The van der Waals surface area contributed by atoms with E-state index in [0.717, 1.165) is 5.69 Å². The van der Waals surface area contributed by atoms with Crippen LogP contribution in [-0.2, 0) is 0 Å². The van der Waals surface area contributed by atoms with E-state index in [0.29, 0.717) is 0 Å². The first-order chi connectivity index (χ1) is 13.3. The van der Waals surface area contributed by atoms with E-state index in [1.54, 1.807) is 3.59 Å². The van der Waals surface area contributed by atoms with Gasteiger partial charge in [-0.05, 0) is 0 Å². The molecule has 0 aliphatic heterocycles. The molecule has 2 aromatic rings. The summed E-state index contributed by atoms with van der Waals surface area (Å²) in [5.74, 6) is 0. The summed E-state index contributed by atoms with van der Waals surface area (Å²) in [6, 6.07) is 17.5. The first-order valence-corrected chi connectivity index (χ1v) is 18.4. The quantitative estimate of drug-likeness (QED) is 0.287. The molecule has 1 heterocycles. The van der Waals surface area contributed by atoms with Gasteiger partial charge < -0.3 is 0 Å². The summed E-state index contributed by atoms with van der Waals surface area (Å²) in [4.78, 5) is 4.66. The first-order valence-electron chi connectivity index (χ1n) is 10.9. The van der Waals surface area contributed by atoms with Crippen LogP contribution in [0.5, 0.6) is 0 Å². The average Bonchev–Trinajstić information content (AvgIpc) is 2.73. The Morgan fingerprint density at radius 2 is 1.33 bits per heavy atom. The normalized spacial score (nSPS) is 12.3. The number of nitrogens with zero attached hydrogens (tertiary/aromatic N) is 1. The molecule has 2 heteroatoms. The maximum absolute atomic E-state index is 4.66. The number of hydrogen-bond acceptors (Lipinski definition) is 1. The Morgan fingerprint density at radius 3 is 1.81 bits per heavy atom. The molecule has 0 amide bonds. The SMILES string of the molecule is CCC[CH2][Sn]([CH2]CCC)([CH2]CCC)/[C](=C/c1ccccn1)c1ccccc1. The van der Waals surface area contributed by atoms with Gasteiger partial charge in [0.25, 0.3) is 0 Å². The van der Waals surface area contributed by atoms with E-state index in [1.165, 1.54) is 57.4 Å².